The third-order valence-electron chi connectivity index (χ3n) is 8.77. The predicted octanol–water partition coefficient (Wildman–Crippen LogP) is 3.78. The van der Waals surface area contributed by atoms with Gasteiger partial charge in [-0.1, -0.05) is 24.3 Å². The van der Waals surface area contributed by atoms with Crippen molar-refractivity contribution in [1.29, 1.82) is 0 Å². The lowest BCUT2D eigenvalue weighted by molar-refractivity contribution is 0.0977. The summed E-state index contributed by atoms with van der Waals surface area (Å²) in [6.07, 6.45) is 1.49. The van der Waals surface area contributed by atoms with Crippen molar-refractivity contribution in [2.75, 3.05) is 0 Å². The van der Waals surface area contributed by atoms with Crippen molar-refractivity contribution in [3.63, 3.8) is 0 Å². The van der Waals surface area contributed by atoms with Crippen LogP contribution < -0.4 is 11.2 Å². The van der Waals surface area contributed by atoms with Crippen LogP contribution in [0.5, 0.6) is 0 Å². The summed E-state index contributed by atoms with van der Waals surface area (Å²) < 4.78 is 11.3. The maximum atomic E-state index is 13.5. The van der Waals surface area contributed by atoms with E-state index in [-0.39, 0.29) is 18.4 Å². The molecule has 250 valence electrons. The van der Waals surface area contributed by atoms with Gasteiger partial charge in [0.1, 0.15) is 11.4 Å². The van der Waals surface area contributed by atoms with Crippen molar-refractivity contribution in [2.45, 2.75) is 73.3 Å². The molecule has 48 heavy (non-hydrogen) atoms. The highest BCUT2D eigenvalue weighted by molar-refractivity contribution is 5.94. The number of amides is 2. The van der Waals surface area contributed by atoms with Gasteiger partial charge in [-0.3, -0.25) is 19.0 Å². The van der Waals surface area contributed by atoms with Crippen molar-refractivity contribution in [2.24, 2.45) is 24.1 Å². The standard InChI is InChI=1S/C35H42N10O3/c1-7-44-29(20-23(3)38-44)32(47)36-34-40(5)26-15-9-10-16-27(26)42(34)18-11-12-19-43-31-25(22-46)14-13-17-28(31)41(6)35(43)37-33(48)30-21-24(4)39-45(30)8-2/h9-10,13-17,20-21,46H,7-8,11-12,18-19,22H2,1-6H3. The Kier molecular flexibility index (Phi) is 9.13. The zero-order valence-corrected chi connectivity index (χ0v) is 28.4. The van der Waals surface area contributed by atoms with Crippen LogP contribution >= 0.6 is 0 Å². The monoisotopic (exact) mass is 650 g/mol. The zero-order valence-electron chi connectivity index (χ0n) is 28.4. The molecule has 0 aliphatic heterocycles. The first kappa shape index (κ1) is 32.6. The van der Waals surface area contributed by atoms with Crippen LogP contribution in [0.2, 0.25) is 0 Å². The Morgan fingerprint density at radius 2 is 1.21 bits per heavy atom. The van der Waals surface area contributed by atoms with Gasteiger partial charge in [0, 0.05) is 45.8 Å². The van der Waals surface area contributed by atoms with Crippen LogP contribution in [0.1, 0.15) is 64.6 Å². The number of aromatic nitrogens is 8. The topological polar surface area (TPSA) is 134 Å². The van der Waals surface area contributed by atoms with Crippen molar-refractivity contribution >= 4 is 33.9 Å². The van der Waals surface area contributed by atoms with Crippen LogP contribution in [0.15, 0.2) is 64.6 Å². The minimum atomic E-state index is -0.371. The molecule has 6 rings (SSSR count). The van der Waals surface area contributed by atoms with Gasteiger partial charge >= 0.3 is 0 Å². The second-order valence-corrected chi connectivity index (χ2v) is 12.0. The molecule has 6 aromatic rings. The van der Waals surface area contributed by atoms with E-state index in [2.05, 4.69) is 24.7 Å². The maximum absolute atomic E-state index is 13.5. The van der Waals surface area contributed by atoms with Crippen LogP contribution in [0, 0.1) is 13.8 Å². The van der Waals surface area contributed by atoms with Crippen LogP contribution in [-0.4, -0.2) is 54.8 Å². The lowest BCUT2D eigenvalue weighted by atomic mass is 10.2. The summed E-state index contributed by atoms with van der Waals surface area (Å²) in [5.41, 5.74) is 7.92. The highest BCUT2D eigenvalue weighted by Crippen LogP contribution is 2.20. The van der Waals surface area contributed by atoms with Crippen LogP contribution in [0.3, 0.4) is 0 Å². The van der Waals surface area contributed by atoms with Gasteiger partial charge in [0.2, 0.25) is 11.2 Å². The second kappa shape index (κ2) is 13.4. The molecule has 4 aromatic heterocycles. The molecule has 13 nitrogen and oxygen atoms in total. The van der Waals surface area contributed by atoms with Gasteiger partial charge in [0.15, 0.2) is 0 Å². The van der Waals surface area contributed by atoms with Crippen molar-refractivity contribution < 1.29 is 14.7 Å². The number of para-hydroxylation sites is 3. The first-order chi connectivity index (χ1) is 23.2. The lowest BCUT2D eigenvalue weighted by Crippen LogP contribution is -2.28. The normalized spacial score (nSPS) is 12.6. The van der Waals surface area contributed by atoms with Gasteiger partial charge in [-0.2, -0.15) is 20.2 Å². The molecular weight excluding hydrogens is 608 g/mol. The molecule has 1 N–H and O–H groups in total. The number of benzene rings is 2. The number of aliphatic hydroxyl groups excluding tert-OH is 1. The Balaban J connectivity index is 1.35. The van der Waals surface area contributed by atoms with Gasteiger partial charge in [-0.25, -0.2) is 0 Å². The van der Waals surface area contributed by atoms with E-state index in [9.17, 15) is 14.7 Å². The number of unbranched alkanes of at least 4 members (excludes halogenated alkanes) is 1. The van der Waals surface area contributed by atoms with E-state index in [1.165, 1.54) is 0 Å². The number of hydrogen-bond donors (Lipinski definition) is 1. The van der Waals surface area contributed by atoms with Crippen LogP contribution in [0.25, 0.3) is 22.1 Å². The Hall–Kier alpha value is -5.30. The zero-order chi connectivity index (χ0) is 34.1. The Morgan fingerprint density at radius 3 is 1.77 bits per heavy atom. The summed E-state index contributed by atoms with van der Waals surface area (Å²) in [6.45, 7) is 9.77. The van der Waals surface area contributed by atoms with Gasteiger partial charge in [0.05, 0.1) is 40.1 Å². The minimum Gasteiger partial charge on any atom is -0.392 e. The summed E-state index contributed by atoms with van der Waals surface area (Å²) in [7, 11) is 3.81. The molecular formula is C35H42N10O3. The fraction of sp³-hybridized carbons (Fsp3) is 0.371. The Morgan fingerprint density at radius 1 is 0.708 bits per heavy atom. The molecule has 0 bridgehead atoms. The maximum Gasteiger partial charge on any atom is 0.298 e. The number of hydrogen-bond acceptors (Lipinski definition) is 5. The molecule has 0 saturated heterocycles. The first-order valence-electron chi connectivity index (χ1n) is 16.4. The van der Waals surface area contributed by atoms with E-state index < -0.39 is 0 Å². The van der Waals surface area contributed by atoms with E-state index in [0.29, 0.717) is 48.8 Å². The number of rotatable bonds is 10. The van der Waals surface area contributed by atoms with E-state index in [1.807, 2.05) is 98.0 Å². The fourth-order valence-electron chi connectivity index (χ4n) is 6.51. The number of fused-ring (bicyclic) bond motifs is 2. The molecule has 0 saturated carbocycles. The Labute approximate surface area is 277 Å². The first-order valence-corrected chi connectivity index (χ1v) is 16.4. The summed E-state index contributed by atoms with van der Waals surface area (Å²) in [6, 6.07) is 17.3. The largest absolute Gasteiger partial charge is 0.392 e. The van der Waals surface area contributed by atoms with Crippen molar-refractivity contribution in [3.05, 3.63) is 94.2 Å². The van der Waals surface area contributed by atoms with E-state index in [4.69, 9.17) is 0 Å². The second-order valence-electron chi connectivity index (χ2n) is 12.0. The number of aliphatic hydroxyl groups is 1. The third kappa shape index (κ3) is 5.85. The summed E-state index contributed by atoms with van der Waals surface area (Å²) in [4.78, 5) is 36.2. The average molecular weight is 651 g/mol. The van der Waals surface area contributed by atoms with Gasteiger partial charge in [-0.15, -0.1) is 0 Å². The molecule has 0 spiro atoms. The quantitative estimate of drug-likeness (QED) is 0.225. The summed E-state index contributed by atoms with van der Waals surface area (Å²) >= 11 is 0. The Bertz CT molecular complexity index is 2300. The summed E-state index contributed by atoms with van der Waals surface area (Å²) in [5.74, 6) is -0.708. The van der Waals surface area contributed by atoms with E-state index in [1.54, 1.807) is 21.5 Å². The number of imidazole rings is 2. The highest BCUT2D eigenvalue weighted by Gasteiger charge is 2.18. The number of aryl methyl sites for hydroxylation is 8. The van der Waals surface area contributed by atoms with Gasteiger partial charge in [0.25, 0.3) is 11.8 Å². The summed E-state index contributed by atoms with van der Waals surface area (Å²) in [5, 5.41) is 19.1. The molecule has 0 atom stereocenters. The van der Waals surface area contributed by atoms with Crippen molar-refractivity contribution in [1.82, 2.24) is 37.8 Å². The lowest BCUT2D eigenvalue weighted by Gasteiger charge is -2.09. The number of carbonyl (C=O) groups excluding carboxylic acids is 2. The third-order valence-corrected chi connectivity index (χ3v) is 8.77. The van der Waals surface area contributed by atoms with Gasteiger partial charge in [-0.05, 0) is 70.9 Å². The number of carbonyl (C=O) groups is 2. The molecule has 0 radical (unpaired) electrons. The predicted molar refractivity (Wildman–Crippen MR) is 182 cm³/mol. The molecule has 0 fully saturated rings. The van der Waals surface area contributed by atoms with E-state index in [0.717, 1.165) is 51.9 Å². The molecule has 0 aliphatic rings. The fourth-order valence-corrected chi connectivity index (χ4v) is 6.51. The van der Waals surface area contributed by atoms with Gasteiger partial charge < -0.3 is 23.4 Å². The smallest absolute Gasteiger partial charge is 0.298 e. The molecule has 0 unspecified atom stereocenters. The average Bonchev–Trinajstić information content (AvgIpc) is 3.81. The minimum absolute atomic E-state index is 0.141. The molecule has 2 amide bonds. The van der Waals surface area contributed by atoms with Crippen molar-refractivity contribution in [3.8, 4) is 0 Å². The molecule has 2 aromatic carbocycles. The highest BCUT2D eigenvalue weighted by atomic mass is 16.3. The van der Waals surface area contributed by atoms with Crippen LogP contribution in [-0.2, 0) is 46.9 Å². The molecule has 13 heteroatoms. The molecule has 4 heterocycles. The number of nitrogens with zero attached hydrogens (tertiary/aromatic N) is 10. The van der Waals surface area contributed by atoms with E-state index >= 15 is 0 Å². The molecule has 0 aliphatic carbocycles. The SMILES string of the molecule is CCn1nc(C)cc1C(=O)N=c1n(C)c2ccccc2n1CCCCn1c(=NC(=O)c2cc(C)nn2CC)n(C)c2cccc(CO)c21. The van der Waals surface area contributed by atoms with Crippen LogP contribution in [0.4, 0.5) is 0 Å².